The molecule has 0 radical (unpaired) electrons. The Kier molecular flexibility index (Phi) is 2.78. The normalized spacial score (nSPS) is 13.3. The van der Waals surface area contributed by atoms with Gasteiger partial charge in [0.2, 0.25) is 0 Å². The Morgan fingerprint density at radius 1 is 1.33 bits per heavy atom. The highest BCUT2D eigenvalue weighted by atomic mass is 14.9. The minimum atomic E-state index is 0.223. The van der Waals surface area contributed by atoms with Gasteiger partial charge in [0.1, 0.15) is 0 Å². The van der Waals surface area contributed by atoms with Crippen molar-refractivity contribution < 1.29 is 0 Å². The second-order valence-electron chi connectivity index (χ2n) is 4.14. The summed E-state index contributed by atoms with van der Waals surface area (Å²) < 4.78 is 2.28. The van der Waals surface area contributed by atoms with Crippen LogP contribution in [0.4, 0.5) is 0 Å². The molecule has 2 nitrogen and oxygen atoms in total. The van der Waals surface area contributed by atoms with Gasteiger partial charge in [0, 0.05) is 29.7 Å². The van der Waals surface area contributed by atoms with Crippen LogP contribution in [0, 0.1) is 0 Å². The molecule has 1 aromatic carbocycles. The van der Waals surface area contributed by atoms with E-state index in [1.165, 1.54) is 16.5 Å². The average molecular weight is 202 g/mol. The highest BCUT2D eigenvalue weighted by Gasteiger charge is 2.07. The van der Waals surface area contributed by atoms with Crippen molar-refractivity contribution in [1.29, 1.82) is 0 Å². The maximum Gasteiger partial charge on any atom is 0.0483 e. The van der Waals surface area contributed by atoms with Gasteiger partial charge >= 0.3 is 0 Å². The Hall–Kier alpha value is -1.28. The van der Waals surface area contributed by atoms with Crippen molar-refractivity contribution in [3.63, 3.8) is 0 Å². The van der Waals surface area contributed by atoms with Crippen molar-refractivity contribution in [3.8, 4) is 0 Å². The van der Waals surface area contributed by atoms with E-state index in [2.05, 4.69) is 48.9 Å². The van der Waals surface area contributed by atoms with Crippen LogP contribution in [0.15, 0.2) is 30.5 Å². The van der Waals surface area contributed by atoms with Crippen molar-refractivity contribution in [3.05, 3.63) is 36.0 Å². The number of aryl methyl sites for hydroxylation is 1. The van der Waals surface area contributed by atoms with E-state index in [1.807, 2.05) is 0 Å². The predicted molar refractivity (Wildman–Crippen MR) is 65.0 cm³/mol. The van der Waals surface area contributed by atoms with E-state index in [4.69, 9.17) is 5.73 Å². The van der Waals surface area contributed by atoms with Gasteiger partial charge in [-0.3, -0.25) is 0 Å². The van der Waals surface area contributed by atoms with E-state index in [1.54, 1.807) is 0 Å². The molecule has 2 N–H and O–H groups in total. The summed E-state index contributed by atoms with van der Waals surface area (Å²) in [5.74, 6) is 0. The van der Waals surface area contributed by atoms with Crippen LogP contribution in [0.1, 0.15) is 19.4 Å². The van der Waals surface area contributed by atoms with Crippen LogP contribution in [0.3, 0.4) is 0 Å². The molecule has 0 unspecified atom stereocenters. The van der Waals surface area contributed by atoms with E-state index in [9.17, 15) is 0 Å². The molecule has 1 aromatic heterocycles. The summed E-state index contributed by atoms with van der Waals surface area (Å²) in [4.78, 5) is 0. The molecule has 15 heavy (non-hydrogen) atoms. The Morgan fingerprint density at radius 2 is 2.07 bits per heavy atom. The Bertz CT molecular complexity index is 455. The lowest BCUT2D eigenvalue weighted by Crippen LogP contribution is -2.17. The molecule has 0 aliphatic carbocycles. The van der Waals surface area contributed by atoms with Crippen LogP contribution in [-0.2, 0) is 13.0 Å². The largest absolute Gasteiger partial charge is 0.347 e. The lowest BCUT2D eigenvalue weighted by molar-refractivity contribution is 0.731. The first-order valence-corrected chi connectivity index (χ1v) is 5.54. The molecule has 0 saturated heterocycles. The first-order chi connectivity index (χ1) is 7.22. The van der Waals surface area contributed by atoms with Gasteiger partial charge in [-0.2, -0.15) is 0 Å². The van der Waals surface area contributed by atoms with E-state index in [-0.39, 0.29) is 6.04 Å². The van der Waals surface area contributed by atoms with Gasteiger partial charge in [-0.05, 0) is 31.9 Å². The Morgan fingerprint density at radius 3 is 2.73 bits per heavy atom. The Balaban J connectivity index is 2.55. The molecule has 0 saturated carbocycles. The van der Waals surface area contributed by atoms with Gasteiger partial charge in [-0.1, -0.05) is 18.2 Å². The summed E-state index contributed by atoms with van der Waals surface area (Å²) in [6.07, 6.45) is 3.18. The summed E-state index contributed by atoms with van der Waals surface area (Å²) in [6.45, 7) is 5.24. The fraction of sp³-hybridized carbons (Fsp3) is 0.385. The van der Waals surface area contributed by atoms with Gasteiger partial charge in [0.15, 0.2) is 0 Å². The van der Waals surface area contributed by atoms with Crippen molar-refractivity contribution in [2.75, 3.05) is 0 Å². The molecule has 80 valence electrons. The number of nitrogens with zero attached hydrogens (tertiary/aromatic N) is 1. The minimum absolute atomic E-state index is 0.223. The molecule has 0 aliphatic rings. The monoisotopic (exact) mass is 202 g/mol. The third kappa shape index (κ3) is 1.90. The molecule has 0 bridgehead atoms. The number of hydrogen-bond donors (Lipinski definition) is 1. The van der Waals surface area contributed by atoms with Crippen LogP contribution < -0.4 is 5.73 Å². The molecule has 2 heteroatoms. The molecule has 0 aliphatic heterocycles. The lowest BCUT2D eigenvalue weighted by atomic mass is 10.1. The zero-order valence-corrected chi connectivity index (χ0v) is 9.40. The Labute approximate surface area is 90.7 Å². The molecular formula is C13H18N2. The number of aromatic nitrogens is 1. The quantitative estimate of drug-likeness (QED) is 0.814. The number of hydrogen-bond acceptors (Lipinski definition) is 1. The summed E-state index contributed by atoms with van der Waals surface area (Å²) in [6, 6.07) is 8.75. The second kappa shape index (κ2) is 4.07. The minimum Gasteiger partial charge on any atom is -0.347 e. The first kappa shape index (κ1) is 10.2. The smallest absolute Gasteiger partial charge is 0.0483 e. The van der Waals surface area contributed by atoms with Gasteiger partial charge in [-0.15, -0.1) is 0 Å². The maximum atomic E-state index is 5.86. The zero-order chi connectivity index (χ0) is 10.8. The van der Waals surface area contributed by atoms with Gasteiger partial charge in [0.05, 0.1) is 0 Å². The number of rotatable bonds is 3. The summed E-state index contributed by atoms with van der Waals surface area (Å²) in [5, 5.41) is 1.34. The summed E-state index contributed by atoms with van der Waals surface area (Å²) >= 11 is 0. The zero-order valence-electron chi connectivity index (χ0n) is 9.40. The molecule has 2 rings (SSSR count). The van der Waals surface area contributed by atoms with Crippen LogP contribution in [0.5, 0.6) is 0 Å². The molecule has 0 fully saturated rings. The average Bonchev–Trinajstić information content (AvgIpc) is 2.56. The molecule has 1 heterocycles. The molecule has 0 spiro atoms. The fourth-order valence-electron chi connectivity index (χ4n) is 2.09. The van der Waals surface area contributed by atoms with Crippen molar-refractivity contribution in [1.82, 2.24) is 4.57 Å². The lowest BCUT2D eigenvalue weighted by Gasteiger charge is -2.02. The van der Waals surface area contributed by atoms with Crippen LogP contribution >= 0.6 is 0 Å². The van der Waals surface area contributed by atoms with Crippen LogP contribution in [0.25, 0.3) is 10.9 Å². The van der Waals surface area contributed by atoms with Gasteiger partial charge < -0.3 is 10.3 Å². The van der Waals surface area contributed by atoms with E-state index >= 15 is 0 Å². The highest BCUT2D eigenvalue weighted by Crippen LogP contribution is 2.22. The maximum absolute atomic E-state index is 5.86. The SMILES string of the molecule is CCn1cc(C[C@H](C)N)c2ccccc21. The van der Waals surface area contributed by atoms with Crippen molar-refractivity contribution in [2.24, 2.45) is 5.73 Å². The van der Waals surface area contributed by atoms with Crippen LogP contribution in [0.2, 0.25) is 0 Å². The molecule has 1 atom stereocenters. The van der Waals surface area contributed by atoms with Gasteiger partial charge in [0.25, 0.3) is 0 Å². The predicted octanol–water partition coefficient (Wildman–Crippen LogP) is 2.55. The van der Waals surface area contributed by atoms with Crippen molar-refractivity contribution >= 4 is 10.9 Å². The number of benzene rings is 1. The van der Waals surface area contributed by atoms with E-state index < -0.39 is 0 Å². The first-order valence-electron chi connectivity index (χ1n) is 5.54. The number of nitrogens with two attached hydrogens (primary N) is 1. The topological polar surface area (TPSA) is 30.9 Å². The third-order valence-electron chi connectivity index (χ3n) is 2.75. The highest BCUT2D eigenvalue weighted by molar-refractivity contribution is 5.84. The standard InChI is InChI=1S/C13H18N2/c1-3-15-9-11(8-10(2)14)12-6-4-5-7-13(12)15/h4-7,9-10H,3,8,14H2,1-2H3/t10-/m0/s1. The van der Waals surface area contributed by atoms with E-state index in [0.29, 0.717) is 0 Å². The molecule has 0 amide bonds. The summed E-state index contributed by atoms with van der Waals surface area (Å²) in [7, 11) is 0. The molecule has 2 aromatic rings. The second-order valence-corrected chi connectivity index (χ2v) is 4.14. The van der Waals surface area contributed by atoms with E-state index in [0.717, 1.165) is 13.0 Å². The van der Waals surface area contributed by atoms with Gasteiger partial charge in [-0.25, -0.2) is 0 Å². The number of fused-ring (bicyclic) bond motifs is 1. The van der Waals surface area contributed by atoms with Crippen LogP contribution in [-0.4, -0.2) is 10.6 Å². The third-order valence-corrected chi connectivity index (χ3v) is 2.75. The molecular weight excluding hydrogens is 184 g/mol. The van der Waals surface area contributed by atoms with Crippen molar-refractivity contribution in [2.45, 2.75) is 32.9 Å². The fourth-order valence-corrected chi connectivity index (χ4v) is 2.09. The number of para-hydroxylation sites is 1. The summed E-state index contributed by atoms with van der Waals surface area (Å²) in [5.41, 5.74) is 8.54.